The van der Waals surface area contributed by atoms with Crippen LogP contribution in [-0.2, 0) is 0 Å². The van der Waals surface area contributed by atoms with E-state index in [-0.39, 0.29) is 11.9 Å². The van der Waals surface area contributed by atoms with Gasteiger partial charge in [0, 0.05) is 18.2 Å². The van der Waals surface area contributed by atoms with Gasteiger partial charge in [0.15, 0.2) is 0 Å². The van der Waals surface area contributed by atoms with Crippen LogP contribution in [0.4, 0.5) is 0 Å². The number of nitrogens with zero attached hydrogens (tertiary/aromatic N) is 1. The Morgan fingerprint density at radius 1 is 1.18 bits per heavy atom. The molecule has 4 heteroatoms. The molecule has 0 aliphatic heterocycles. The fourth-order valence-corrected chi connectivity index (χ4v) is 2.33. The third kappa shape index (κ3) is 4.15. The summed E-state index contributed by atoms with van der Waals surface area (Å²) in [6, 6.07) is 14.0. The minimum atomic E-state index is -0.0747. The van der Waals surface area contributed by atoms with Crippen molar-refractivity contribution in [2.24, 2.45) is 0 Å². The largest absolute Gasteiger partial charge is 0.350 e. The van der Waals surface area contributed by atoms with Crippen LogP contribution in [0.2, 0.25) is 0 Å². The van der Waals surface area contributed by atoms with E-state index in [4.69, 9.17) is 0 Å². The van der Waals surface area contributed by atoms with E-state index in [1.807, 2.05) is 56.3 Å². The number of aryl methyl sites for hydroxylation is 1. The number of pyridine rings is 1. The molecular formula is C18H23N3O. The second-order valence-electron chi connectivity index (χ2n) is 5.36. The van der Waals surface area contributed by atoms with Crippen LogP contribution in [-0.4, -0.2) is 30.0 Å². The average molecular weight is 297 g/mol. The normalized spacial score (nSPS) is 12.0. The first-order chi connectivity index (χ1) is 10.6. The highest BCUT2D eigenvalue weighted by atomic mass is 16.1. The van der Waals surface area contributed by atoms with E-state index < -0.39 is 0 Å². The number of hydrogen-bond acceptors (Lipinski definition) is 3. The summed E-state index contributed by atoms with van der Waals surface area (Å²) in [7, 11) is 0. The molecule has 0 aliphatic rings. The molecule has 1 atom stereocenters. The number of likely N-dealkylation sites (N-methyl/N-ethyl adjacent to an activating group) is 1. The molecule has 1 amide bonds. The fourth-order valence-electron chi connectivity index (χ4n) is 2.33. The summed E-state index contributed by atoms with van der Waals surface area (Å²) < 4.78 is 0. The van der Waals surface area contributed by atoms with E-state index in [1.165, 1.54) is 0 Å². The van der Waals surface area contributed by atoms with Gasteiger partial charge in [0.2, 0.25) is 0 Å². The summed E-state index contributed by atoms with van der Waals surface area (Å²) in [5, 5.41) is 6.21. The van der Waals surface area contributed by atoms with Crippen molar-refractivity contribution in [3.63, 3.8) is 0 Å². The zero-order valence-electron chi connectivity index (χ0n) is 13.4. The molecule has 0 bridgehead atoms. The summed E-state index contributed by atoms with van der Waals surface area (Å²) in [4.78, 5) is 16.8. The van der Waals surface area contributed by atoms with Gasteiger partial charge in [0.05, 0.1) is 17.0 Å². The summed E-state index contributed by atoms with van der Waals surface area (Å²) >= 11 is 0. The van der Waals surface area contributed by atoms with Crippen molar-refractivity contribution < 1.29 is 4.79 Å². The van der Waals surface area contributed by atoms with Gasteiger partial charge in [0.25, 0.3) is 5.91 Å². The summed E-state index contributed by atoms with van der Waals surface area (Å²) in [5.74, 6) is -0.0747. The molecule has 0 unspecified atom stereocenters. The molecule has 0 saturated heterocycles. The Morgan fingerprint density at radius 2 is 1.91 bits per heavy atom. The number of aromatic nitrogens is 1. The van der Waals surface area contributed by atoms with Crippen LogP contribution in [0, 0.1) is 6.92 Å². The minimum absolute atomic E-state index is 0.0747. The van der Waals surface area contributed by atoms with Crippen LogP contribution in [0.25, 0.3) is 11.3 Å². The molecule has 0 radical (unpaired) electrons. The van der Waals surface area contributed by atoms with Gasteiger partial charge in [-0.15, -0.1) is 0 Å². The van der Waals surface area contributed by atoms with Gasteiger partial charge in [-0.05, 0) is 32.5 Å². The fraction of sp³-hybridized carbons (Fsp3) is 0.333. The quantitative estimate of drug-likeness (QED) is 0.862. The molecule has 1 heterocycles. The average Bonchev–Trinajstić information content (AvgIpc) is 2.53. The van der Waals surface area contributed by atoms with Gasteiger partial charge < -0.3 is 10.6 Å². The maximum Gasteiger partial charge on any atom is 0.253 e. The van der Waals surface area contributed by atoms with Gasteiger partial charge in [-0.3, -0.25) is 9.78 Å². The molecule has 4 nitrogen and oxygen atoms in total. The van der Waals surface area contributed by atoms with Crippen LogP contribution >= 0.6 is 0 Å². The predicted molar refractivity (Wildman–Crippen MR) is 89.9 cm³/mol. The lowest BCUT2D eigenvalue weighted by Crippen LogP contribution is -2.39. The zero-order valence-corrected chi connectivity index (χ0v) is 13.4. The Balaban J connectivity index is 2.08. The van der Waals surface area contributed by atoms with E-state index in [0.717, 1.165) is 23.5 Å². The molecule has 0 spiro atoms. The summed E-state index contributed by atoms with van der Waals surface area (Å²) in [6.07, 6.45) is 0. The number of carbonyl (C=O) groups is 1. The molecule has 0 aliphatic carbocycles. The van der Waals surface area contributed by atoms with Crippen molar-refractivity contribution in [3.05, 3.63) is 53.7 Å². The van der Waals surface area contributed by atoms with Crippen LogP contribution in [0.15, 0.2) is 42.5 Å². The molecule has 1 aromatic heterocycles. The topological polar surface area (TPSA) is 54.0 Å². The molecule has 2 aromatic rings. The first kappa shape index (κ1) is 16.2. The first-order valence-corrected chi connectivity index (χ1v) is 7.66. The lowest BCUT2D eigenvalue weighted by Gasteiger charge is -2.14. The molecule has 1 aromatic carbocycles. The first-order valence-electron chi connectivity index (χ1n) is 7.66. The monoisotopic (exact) mass is 297 g/mol. The number of hydrogen-bond donors (Lipinski definition) is 2. The smallest absolute Gasteiger partial charge is 0.253 e. The molecule has 22 heavy (non-hydrogen) atoms. The van der Waals surface area contributed by atoms with Crippen LogP contribution < -0.4 is 10.6 Å². The Kier molecular flexibility index (Phi) is 5.67. The van der Waals surface area contributed by atoms with Gasteiger partial charge in [-0.2, -0.15) is 0 Å². The SMILES string of the molecule is CCN[C@H](C)CNC(=O)c1ccc(-c2ccccc2)nc1C. The molecule has 0 saturated carbocycles. The lowest BCUT2D eigenvalue weighted by molar-refractivity contribution is 0.0949. The van der Waals surface area contributed by atoms with E-state index in [2.05, 4.69) is 22.5 Å². The van der Waals surface area contributed by atoms with Crippen molar-refractivity contribution >= 4 is 5.91 Å². The summed E-state index contributed by atoms with van der Waals surface area (Å²) in [5.41, 5.74) is 3.31. The molecule has 0 fully saturated rings. The number of amides is 1. The van der Waals surface area contributed by atoms with Crippen LogP contribution in [0.1, 0.15) is 29.9 Å². The van der Waals surface area contributed by atoms with Crippen molar-refractivity contribution in [2.45, 2.75) is 26.8 Å². The van der Waals surface area contributed by atoms with Crippen molar-refractivity contribution in [2.75, 3.05) is 13.1 Å². The third-order valence-electron chi connectivity index (χ3n) is 3.52. The Labute approximate surface area is 132 Å². The molecule has 2 N–H and O–H groups in total. The highest BCUT2D eigenvalue weighted by molar-refractivity contribution is 5.95. The van der Waals surface area contributed by atoms with E-state index in [1.54, 1.807) is 0 Å². The van der Waals surface area contributed by atoms with Gasteiger partial charge in [-0.25, -0.2) is 0 Å². The van der Waals surface area contributed by atoms with Gasteiger partial charge in [-0.1, -0.05) is 37.3 Å². The Morgan fingerprint density at radius 3 is 2.55 bits per heavy atom. The number of nitrogens with one attached hydrogen (secondary N) is 2. The molecule has 2 rings (SSSR count). The van der Waals surface area contributed by atoms with Crippen molar-refractivity contribution in [1.29, 1.82) is 0 Å². The molecule has 116 valence electrons. The standard InChI is InChI=1S/C18H23N3O/c1-4-19-13(2)12-20-18(22)16-10-11-17(21-14(16)3)15-8-6-5-7-9-15/h5-11,13,19H,4,12H2,1-3H3,(H,20,22)/t13-/m1/s1. The zero-order chi connectivity index (χ0) is 15.9. The minimum Gasteiger partial charge on any atom is -0.350 e. The highest BCUT2D eigenvalue weighted by Crippen LogP contribution is 2.18. The highest BCUT2D eigenvalue weighted by Gasteiger charge is 2.12. The third-order valence-corrected chi connectivity index (χ3v) is 3.52. The number of carbonyl (C=O) groups excluding carboxylic acids is 1. The maximum atomic E-state index is 12.2. The molecular weight excluding hydrogens is 274 g/mol. The second-order valence-corrected chi connectivity index (χ2v) is 5.36. The predicted octanol–water partition coefficient (Wildman–Crippen LogP) is 2.78. The van der Waals surface area contributed by atoms with E-state index in [0.29, 0.717) is 12.1 Å². The van der Waals surface area contributed by atoms with Gasteiger partial charge >= 0.3 is 0 Å². The second kappa shape index (κ2) is 7.71. The maximum absolute atomic E-state index is 12.2. The summed E-state index contributed by atoms with van der Waals surface area (Å²) in [6.45, 7) is 7.47. The number of benzene rings is 1. The Hall–Kier alpha value is -2.20. The number of rotatable bonds is 6. The van der Waals surface area contributed by atoms with Gasteiger partial charge in [0.1, 0.15) is 0 Å². The van der Waals surface area contributed by atoms with E-state index in [9.17, 15) is 4.79 Å². The van der Waals surface area contributed by atoms with Crippen molar-refractivity contribution in [1.82, 2.24) is 15.6 Å². The van der Waals surface area contributed by atoms with E-state index >= 15 is 0 Å². The van der Waals surface area contributed by atoms with Crippen LogP contribution in [0.3, 0.4) is 0 Å². The Bertz CT molecular complexity index is 625. The van der Waals surface area contributed by atoms with Crippen molar-refractivity contribution in [3.8, 4) is 11.3 Å². The van der Waals surface area contributed by atoms with Crippen LogP contribution in [0.5, 0.6) is 0 Å². The lowest BCUT2D eigenvalue weighted by atomic mass is 10.1.